The van der Waals surface area contributed by atoms with Gasteiger partial charge in [-0.2, -0.15) is 0 Å². The van der Waals surface area contributed by atoms with Crippen LogP contribution in [0.25, 0.3) is 0 Å². The fourth-order valence-corrected chi connectivity index (χ4v) is 5.10. The van der Waals surface area contributed by atoms with Gasteiger partial charge in [-0.15, -0.1) is 0 Å². The standard InChI is InChI=1S/C19H23ClN2O2/c1-13(23)21-10-7-14(11-21)18(24)22-12-19(8-2-3-9-19)15-5-4-6-16(20)17(15)22/h4-6,14H,2-3,7-12H2,1H3. The molecule has 2 fully saturated rings. The molecule has 2 amide bonds. The lowest BCUT2D eigenvalue weighted by Crippen LogP contribution is -2.40. The second kappa shape index (κ2) is 5.76. The third kappa shape index (κ3) is 2.34. The Balaban J connectivity index is 1.65. The normalized spacial score (nSPS) is 24.7. The van der Waals surface area contributed by atoms with Crippen molar-refractivity contribution in [2.24, 2.45) is 5.92 Å². The van der Waals surface area contributed by atoms with Gasteiger partial charge < -0.3 is 9.80 Å². The van der Waals surface area contributed by atoms with Gasteiger partial charge in [0.15, 0.2) is 0 Å². The summed E-state index contributed by atoms with van der Waals surface area (Å²) in [7, 11) is 0. The van der Waals surface area contributed by atoms with Crippen LogP contribution in [0.3, 0.4) is 0 Å². The molecule has 1 atom stereocenters. The monoisotopic (exact) mass is 346 g/mol. The van der Waals surface area contributed by atoms with Crippen LogP contribution in [0, 0.1) is 5.92 Å². The summed E-state index contributed by atoms with van der Waals surface area (Å²) in [5.41, 5.74) is 2.27. The van der Waals surface area contributed by atoms with Gasteiger partial charge in [0.25, 0.3) is 0 Å². The van der Waals surface area contributed by atoms with Crippen LogP contribution in [0.1, 0.15) is 44.6 Å². The van der Waals surface area contributed by atoms with Gasteiger partial charge in [0.1, 0.15) is 0 Å². The number of likely N-dealkylation sites (tertiary alicyclic amines) is 1. The zero-order chi connectivity index (χ0) is 16.9. The van der Waals surface area contributed by atoms with E-state index in [0.717, 1.165) is 31.5 Å². The summed E-state index contributed by atoms with van der Waals surface area (Å²) < 4.78 is 0. The maximum absolute atomic E-state index is 13.2. The van der Waals surface area contributed by atoms with Gasteiger partial charge in [-0.1, -0.05) is 36.6 Å². The van der Waals surface area contributed by atoms with Crippen molar-refractivity contribution in [3.63, 3.8) is 0 Å². The zero-order valence-corrected chi connectivity index (χ0v) is 14.8. The number of hydrogen-bond acceptors (Lipinski definition) is 2. The molecule has 0 bridgehead atoms. The number of fused-ring (bicyclic) bond motifs is 2. The van der Waals surface area contributed by atoms with Crippen molar-refractivity contribution in [1.29, 1.82) is 0 Å². The van der Waals surface area contributed by atoms with Crippen LogP contribution >= 0.6 is 11.6 Å². The van der Waals surface area contributed by atoms with E-state index in [-0.39, 0.29) is 23.1 Å². The predicted molar refractivity (Wildman–Crippen MR) is 94.3 cm³/mol. The third-order valence-corrected chi connectivity index (χ3v) is 6.40. The third-order valence-electron chi connectivity index (χ3n) is 6.10. The minimum atomic E-state index is -0.102. The number of amides is 2. The van der Waals surface area contributed by atoms with Crippen molar-refractivity contribution >= 4 is 29.1 Å². The molecule has 128 valence electrons. The van der Waals surface area contributed by atoms with Crippen LogP contribution in [0.15, 0.2) is 18.2 Å². The average Bonchev–Trinajstić information content (AvgIpc) is 3.28. The van der Waals surface area contributed by atoms with E-state index in [4.69, 9.17) is 11.6 Å². The molecule has 1 saturated heterocycles. The second-order valence-electron chi connectivity index (χ2n) is 7.50. The highest BCUT2D eigenvalue weighted by Gasteiger charge is 2.48. The Bertz CT molecular complexity index is 697. The molecule has 1 aromatic carbocycles. The Morgan fingerprint density at radius 2 is 2.00 bits per heavy atom. The fraction of sp³-hybridized carbons (Fsp3) is 0.579. The molecule has 3 aliphatic rings. The first-order chi connectivity index (χ1) is 11.5. The van der Waals surface area contributed by atoms with E-state index in [1.807, 2.05) is 17.0 Å². The quantitative estimate of drug-likeness (QED) is 0.782. The lowest BCUT2D eigenvalue weighted by Gasteiger charge is -2.26. The molecule has 0 radical (unpaired) electrons. The van der Waals surface area contributed by atoms with Crippen LogP contribution in [-0.2, 0) is 15.0 Å². The Morgan fingerprint density at radius 1 is 1.25 bits per heavy atom. The zero-order valence-electron chi connectivity index (χ0n) is 14.1. The summed E-state index contributed by atoms with van der Waals surface area (Å²) in [6.07, 6.45) is 5.45. The highest BCUT2D eigenvalue weighted by molar-refractivity contribution is 6.34. The summed E-state index contributed by atoms with van der Waals surface area (Å²) >= 11 is 6.50. The van der Waals surface area contributed by atoms with Crippen LogP contribution in [0.2, 0.25) is 5.02 Å². The van der Waals surface area contributed by atoms with Crippen molar-refractivity contribution in [2.45, 2.75) is 44.4 Å². The van der Waals surface area contributed by atoms with E-state index in [1.54, 1.807) is 11.8 Å². The topological polar surface area (TPSA) is 40.6 Å². The van der Waals surface area contributed by atoms with Crippen molar-refractivity contribution < 1.29 is 9.59 Å². The van der Waals surface area contributed by atoms with Crippen LogP contribution in [-0.4, -0.2) is 36.3 Å². The molecule has 4 nitrogen and oxygen atoms in total. The molecule has 4 rings (SSSR count). The molecular weight excluding hydrogens is 324 g/mol. The maximum atomic E-state index is 13.2. The van der Waals surface area contributed by atoms with E-state index < -0.39 is 0 Å². The van der Waals surface area contributed by atoms with Gasteiger partial charge in [-0.25, -0.2) is 0 Å². The molecule has 1 aliphatic carbocycles. The number of hydrogen-bond donors (Lipinski definition) is 0. The van der Waals surface area contributed by atoms with Gasteiger partial charge in [0, 0.05) is 32.0 Å². The molecule has 1 aromatic rings. The molecule has 1 unspecified atom stereocenters. The summed E-state index contributed by atoms with van der Waals surface area (Å²) in [5, 5.41) is 0.672. The molecule has 0 aromatic heterocycles. The molecule has 2 aliphatic heterocycles. The molecular formula is C19H23ClN2O2. The molecule has 5 heteroatoms. The van der Waals surface area contributed by atoms with E-state index in [0.29, 0.717) is 18.1 Å². The van der Waals surface area contributed by atoms with Crippen molar-refractivity contribution in [1.82, 2.24) is 4.90 Å². The molecule has 0 N–H and O–H groups in total. The number of carbonyl (C=O) groups excluding carboxylic acids is 2. The molecule has 1 saturated carbocycles. The minimum Gasteiger partial charge on any atom is -0.342 e. The number of carbonyl (C=O) groups is 2. The fourth-order valence-electron chi connectivity index (χ4n) is 4.82. The van der Waals surface area contributed by atoms with Gasteiger partial charge in [-0.05, 0) is 30.9 Å². The SMILES string of the molecule is CC(=O)N1CCC(C(=O)N2CC3(CCCC3)c3cccc(Cl)c32)C1. The van der Waals surface area contributed by atoms with E-state index in [9.17, 15) is 9.59 Å². The number of rotatable bonds is 1. The van der Waals surface area contributed by atoms with Crippen LogP contribution in [0.4, 0.5) is 5.69 Å². The first-order valence-corrected chi connectivity index (χ1v) is 9.25. The highest BCUT2D eigenvalue weighted by atomic mass is 35.5. The van der Waals surface area contributed by atoms with Gasteiger partial charge in [0.05, 0.1) is 16.6 Å². The average molecular weight is 347 g/mol. The predicted octanol–water partition coefficient (Wildman–Crippen LogP) is 3.37. The van der Waals surface area contributed by atoms with Crippen LogP contribution in [0.5, 0.6) is 0 Å². The van der Waals surface area contributed by atoms with E-state index >= 15 is 0 Å². The maximum Gasteiger partial charge on any atom is 0.232 e. The molecule has 2 heterocycles. The number of nitrogens with zero attached hydrogens (tertiary/aromatic N) is 2. The summed E-state index contributed by atoms with van der Waals surface area (Å²) in [4.78, 5) is 28.5. The van der Waals surface area contributed by atoms with Crippen molar-refractivity contribution in [3.8, 4) is 0 Å². The largest absolute Gasteiger partial charge is 0.342 e. The number of halogens is 1. The van der Waals surface area contributed by atoms with E-state index in [2.05, 4.69) is 6.07 Å². The molecule has 24 heavy (non-hydrogen) atoms. The number of para-hydroxylation sites is 1. The van der Waals surface area contributed by atoms with Gasteiger partial charge >= 0.3 is 0 Å². The Labute approximate surface area is 147 Å². The lowest BCUT2D eigenvalue weighted by molar-refractivity contribution is -0.128. The second-order valence-corrected chi connectivity index (χ2v) is 7.91. The smallest absolute Gasteiger partial charge is 0.232 e. The lowest BCUT2D eigenvalue weighted by atomic mass is 9.81. The first-order valence-electron chi connectivity index (χ1n) is 8.88. The summed E-state index contributed by atoms with van der Waals surface area (Å²) in [6, 6.07) is 6.03. The van der Waals surface area contributed by atoms with E-state index in [1.165, 1.54) is 18.4 Å². The van der Waals surface area contributed by atoms with Gasteiger partial charge in [-0.3, -0.25) is 9.59 Å². The van der Waals surface area contributed by atoms with Gasteiger partial charge in [0.2, 0.25) is 11.8 Å². The number of anilines is 1. The van der Waals surface area contributed by atoms with Crippen molar-refractivity contribution in [2.75, 3.05) is 24.5 Å². The summed E-state index contributed by atoms with van der Waals surface area (Å²) in [5.74, 6) is 0.0869. The Hall–Kier alpha value is -1.55. The Kier molecular flexibility index (Phi) is 3.83. The van der Waals surface area contributed by atoms with Crippen molar-refractivity contribution in [3.05, 3.63) is 28.8 Å². The number of benzene rings is 1. The first kappa shape index (κ1) is 15.9. The van der Waals surface area contributed by atoms with Crippen LogP contribution < -0.4 is 4.90 Å². The molecule has 1 spiro atoms. The Morgan fingerprint density at radius 3 is 2.67 bits per heavy atom. The summed E-state index contributed by atoms with van der Waals surface area (Å²) in [6.45, 7) is 3.54. The minimum absolute atomic E-state index is 0.0532. The highest BCUT2D eigenvalue weighted by Crippen LogP contribution is 2.52.